The van der Waals surface area contributed by atoms with Crippen molar-refractivity contribution < 1.29 is 52.3 Å². The zero-order valence-corrected chi connectivity index (χ0v) is 36.7. The molecule has 0 aliphatic carbocycles. The summed E-state index contributed by atoms with van der Waals surface area (Å²) in [4.78, 5) is 37.5. The van der Waals surface area contributed by atoms with Crippen LogP contribution < -0.4 is 4.89 Å². The predicted octanol–water partition coefficient (Wildman–Crippen LogP) is 9.22. The van der Waals surface area contributed by atoms with Crippen LogP contribution in [0, 0.1) is 0 Å². The van der Waals surface area contributed by atoms with Gasteiger partial charge in [0.15, 0.2) is 6.10 Å². The maximum atomic E-state index is 12.7. The van der Waals surface area contributed by atoms with Crippen molar-refractivity contribution in [1.29, 1.82) is 0 Å². The van der Waals surface area contributed by atoms with Crippen LogP contribution in [-0.4, -0.2) is 92.5 Å². The summed E-state index contributed by atoms with van der Waals surface area (Å²) < 4.78 is 33.6. The van der Waals surface area contributed by atoms with Crippen molar-refractivity contribution in [2.45, 2.75) is 173 Å². The third-order valence-corrected chi connectivity index (χ3v) is 10.0. The molecule has 0 spiro atoms. The first-order chi connectivity index (χ1) is 26.8. The van der Waals surface area contributed by atoms with Gasteiger partial charge in [-0.05, 0) is 51.4 Å². The Bertz CT molecular complexity index is 1130. The van der Waals surface area contributed by atoms with Crippen LogP contribution in [0.4, 0.5) is 0 Å². The Morgan fingerprint density at radius 2 is 1.14 bits per heavy atom. The van der Waals surface area contributed by atoms with Crippen LogP contribution in [0.25, 0.3) is 0 Å². The fourth-order valence-corrected chi connectivity index (χ4v) is 6.29. The van der Waals surface area contributed by atoms with E-state index in [4.69, 9.17) is 18.5 Å². The summed E-state index contributed by atoms with van der Waals surface area (Å²) in [5, 5.41) is 20.8. The molecular weight excluding hydrogens is 733 g/mol. The molecule has 326 valence electrons. The molecule has 0 radical (unpaired) electrons. The van der Waals surface area contributed by atoms with Crippen LogP contribution in [-0.2, 0) is 32.7 Å². The van der Waals surface area contributed by atoms with Crippen molar-refractivity contribution in [3.05, 3.63) is 48.6 Å². The van der Waals surface area contributed by atoms with Crippen LogP contribution in [0.1, 0.15) is 155 Å². The minimum atomic E-state index is -4.70. The average molecular weight is 814 g/mol. The second-order valence-corrected chi connectivity index (χ2v) is 17.1. The molecule has 0 aromatic heterocycles. The number of allylic oxidation sites excluding steroid dienone is 7. The maximum absolute atomic E-state index is 12.7. The number of unbranched alkanes of at least 4 members (excludes halogenated alkanes) is 12. The molecule has 11 nitrogen and oxygen atoms in total. The number of phosphoric acid groups is 1. The zero-order valence-electron chi connectivity index (χ0n) is 35.8. The van der Waals surface area contributed by atoms with E-state index in [-0.39, 0.29) is 45.3 Å². The van der Waals surface area contributed by atoms with Gasteiger partial charge in [0.25, 0.3) is 7.82 Å². The van der Waals surface area contributed by atoms with Gasteiger partial charge in [-0.1, -0.05) is 140 Å². The Hall–Kier alpha value is -2.11. The number of rotatable bonds is 38. The topological polar surface area (TPSA) is 152 Å². The van der Waals surface area contributed by atoms with Crippen molar-refractivity contribution in [3.8, 4) is 0 Å². The molecule has 0 bridgehead atoms. The molecule has 0 saturated heterocycles. The highest BCUT2D eigenvalue weighted by molar-refractivity contribution is 7.45. The number of ether oxygens (including phenoxy) is 2. The van der Waals surface area contributed by atoms with E-state index in [2.05, 4.69) is 44.2 Å². The second kappa shape index (κ2) is 36.0. The molecule has 0 aromatic rings. The van der Waals surface area contributed by atoms with Gasteiger partial charge in [-0.3, -0.25) is 14.2 Å². The highest BCUT2D eigenvalue weighted by atomic mass is 31.2. The number of phosphoric ester groups is 1. The van der Waals surface area contributed by atoms with Gasteiger partial charge in [0.1, 0.15) is 19.8 Å². The number of carbonyl (C=O) groups is 2. The van der Waals surface area contributed by atoms with E-state index in [9.17, 15) is 29.3 Å². The number of nitrogens with zero attached hydrogens (tertiary/aromatic N) is 1. The lowest BCUT2D eigenvalue weighted by Gasteiger charge is -2.28. The van der Waals surface area contributed by atoms with Crippen molar-refractivity contribution in [2.75, 3.05) is 47.5 Å². The molecule has 0 amide bonds. The summed E-state index contributed by atoms with van der Waals surface area (Å²) in [7, 11) is 0.984. The van der Waals surface area contributed by atoms with Gasteiger partial charge in [0.05, 0.1) is 40.0 Å². The minimum absolute atomic E-state index is 0.0840. The first-order valence-corrected chi connectivity index (χ1v) is 23.0. The molecule has 4 atom stereocenters. The molecule has 0 rings (SSSR count). The Balaban J connectivity index is 4.64. The molecule has 2 N–H and O–H groups in total. The smallest absolute Gasteiger partial charge is 0.306 e. The van der Waals surface area contributed by atoms with Crippen LogP contribution in [0.3, 0.4) is 0 Å². The fraction of sp³-hybridized carbons (Fsp3) is 0.773. The van der Waals surface area contributed by atoms with Crippen LogP contribution in [0.5, 0.6) is 0 Å². The maximum Gasteiger partial charge on any atom is 0.306 e. The number of aliphatic hydroxyl groups is 2. The SMILES string of the molecule is CC/C=C\C/C=C\C/C=C\C/C=C\C[C@@H](O)[C@H](O)CCCC(=O)O[C@H](COC(=O)CCCCCCCCCCCCCCC)COP(=O)([O-])OCC[N+](C)(C)C. The summed E-state index contributed by atoms with van der Waals surface area (Å²) in [5.41, 5.74) is 0. The van der Waals surface area contributed by atoms with Gasteiger partial charge in [-0.25, -0.2) is 0 Å². The summed E-state index contributed by atoms with van der Waals surface area (Å²) in [6, 6.07) is 0. The highest BCUT2D eigenvalue weighted by Gasteiger charge is 2.22. The molecule has 56 heavy (non-hydrogen) atoms. The number of aliphatic hydroxyl groups excluding tert-OH is 2. The van der Waals surface area contributed by atoms with E-state index in [1.54, 1.807) is 0 Å². The Morgan fingerprint density at radius 3 is 1.68 bits per heavy atom. The number of quaternary nitrogens is 1. The zero-order chi connectivity index (χ0) is 41.8. The molecule has 0 aromatic carbocycles. The molecule has 1 unspecified atom stereocenters. The second-order valence-electron chi connectivity index (χ2n) is 15.6. The van der Waals surface area contributed by atoms with Crippen LogP contribution in [0.2, 0.25) is 0 Å². The molecular formula is C44H80NO10P. The molecule has 0 fully saturated rings. The van der Waals surface area contributed by atoms with Gasteiger partial charge < -0.3 is 38.1 Å². The van der Waals surface area contributed by atoms with E-state index in [1.165, 1.54) is 57.8 Å². The number of hydrogen-bond acceptors (Lipinski definition) is 10. The lowest BCUT2D eigenvalue weighted by Crippen LogP contribution is -2.37. The van der Waals surface area contributed by atoms with Gasteiger partial charge >= 0.3 is 11.9 Å². The minimum Gasteiger partial charge on any atom is -0.756 e. The van der Waals surface area contributed by atoms with E-state index in [1.807, 2.05) is 39.4 Å². The summed E-state index contributed by atoms with van der Waals surface area (Å²) >= 11 is 0. The molecule has 0 aliphatic rings. The van der Waals surface area contributed by atoms with E-state index in [0.717, 1.165) is 44.9 Å². The molecule has 12 heteroatoms. The van der Waals surface area contributed by atoms with Gasteiger partial charge in [0, 0.05) is 12.8 Å². The monoisotopic (exact) mass is 814 g/mol. The normalized spacial score (nSPS) is 15.2. The van der Waals surface area contributed by atoms with Gasteiger partial charge in [0.2, 0.25) is 0 Å². The molecule has 0 saturated carbocycles. The van der Waals surface area contributed by atoms with Crippen LogP contribution in [0.15, 0.2) is 48.6 Å². The first kappa shape index (κ1) is 53.9. The largest absolute Gasteiger partial charge is 0.756 e. The summed E-state index contributed by atoms with van der Waals surface area (Å²) in [6.07, 6.45) is 33.1. The number of hydrogen-bond donors (Lipinski definition) is 2. The lowest BCUT2D eigenvalue weighted by atomic mass is 10.0. The van der Waals surface area contributed by atoms with E-state index in [0.29, 0.717) is 17.4 Å². The molecule has 0 heterocycles. The third kappa shape index (κ3) is 37.5. The Labute approximate surface area is 340 Å². The van der Waals surface area contributed by atoms with Crippen LogP contribution >= 0.6 is 7.82 Å². The predicted molar refractivity (Wildman–Crippen MR) is 225 cm³/mol. The lowest BCUT2D eigenvalue weighted by molar-refractivity contribution is -0.870. The standard InChI is InChI=1S/C44H80NO10P/c1-6-8-10-12-14-16-18-20-22-24-26-28-30-34-43(48)52-38-40(39-54-56(50,51)53-37-36-45(3,4)5)55-44(49)35-31-33-42(47)41(46)32-29-27-25-23-21-19-17-15-13-11-9-7-2/h9,11,15,17,21,23,27,29,40-42,46-47H,6-8,10,12-14,16,18-20,22,24-26,28,30-39H2,1-5H3/b11-9-,17-15-,23-21-,29-27-/t40-,41-,42-/m1/s1. The first-order valence-electron chi connectivity index (χ1n) is 21.5. The Morgan fingerprint density at radius 1 is 0.643 bits per heavy atom. The Kier molecular flexibility index (Phi) is 34.6. The number of esters is 2. The fourth-order valence-electron chi connectivity index (χ4n) is 5.56. The van der Waals surface area contributed by atoms with Crippen molar-refractivity contribution in [1.82, 2.24) is 0 Å². The van der Waals surface area contributed by atoms with Gasteiger partial charge in [-0.2, -0.15) is 0 Å². The van der Waals surface area contributed by atoms with E-state index < -0.39 is 44.7 Å². The highest BCUT2D eigenvalue weighted by Crippen LogP contribution is 2.38. The quantitative estimate of drug-likeness (QED) is 0.0203. The number of carbonyl (C=O) groups excluding carboxylic acids is 2. The molecule has 0 aliphatic heterocycles. The van der Waals surface area contributed by atoms with E-state index >= 15 is 0 Å². The van der Waals surface area contributed by atoms with Crippen molar-refractivity contribution in [3.63, 3.8) is 0 Å². The summed E-state index contributed by atoms with van der Waals surface area (Å²) in [5.74, 6) is -1.12. The summed E-state index contributed by atoms with van der Waals surface area (Å²) in [6.45, 7) is 3.76. The van der Waals surface area contributed by atoms with Crippen molar-refractivity contribution in [2.24, 2.45) is 0 Å². The van der Waals surface area contributed by atoms with Crippen molar-refractivity contribution >= 4 is 19.8 Å². The average Bonchev–Trinajstić information content (AvgIpc) is 3.14. The van der Waals surface area contributed by atoms with Gasteiger partial charge in [-0.15, -0.1) is 0 Å². The third-order valence-electron chi connectivity index (χ3n) is 9.06. The number of likely N-dealkylation sites (N-methyl/N-ethyl adjacent to an activating group) is 1.